The Bertz CT molecular complexity index is 903. The fourth-order valence-electron chi connectivity index (χ4n) is 3.12. The summed E-state index contributed by atoms with van der Waals surface area (Å²) in [5.74, 6) is 3.50. The highest BCUT2D eigenvalue weighted by molar-refractivity contribution is 7.98. The molecule has 3 heterocycles. The average molecular weight is 401 g/mol. The van der Waals surface area contributed by atoms with Gasteiger partial charge in [-0.25, -0.2) is 0 Å². The third-order valence-corrected chi connectivity index (χ3v) is 5.58. The molecule has 3 aromatic rings. The zero-order valence-electron chi connectivity index (χ0n) is 16.0. The summed E-state index contributed by atoms with van der Waals surface area (Å²) in [5, 5.41) is 13.6. The second-order valence-electron chi connectivity index (χ2n) is 6.53. The number of hydrogen-bond donors (Lipinski definition) is 0. The molecule has 1 atom stereocenters. The van der Waals surface area contributed by atoms with Crippen LogP contribution in [-0.4, -0.2) is 44.7 Å². The van der Waals surface area contributed by atoms with Crippen molar-refractivity contribution in [3.8, 4) is 17.1 Å². The highest BCUT2D eigenvalue weighted by atomic mass is 32.2. The van der Waals surface area contributed by atoms with Gasteiger partial charge in [-0.2, -0.15) is 4.98 Å². The van der Waals surface area contributed by atoms with Gasteiger partial charge in [0.05, 0.1) is 25.5 Å². The number of methoxy groups -OCH3 is 1. The summed E-state index contributed by atoms with van der Waals surface area (Å²) in [7, 11) is 1.66. The van der Waals surface area contributed by atoms with Gasteiger partial charge in [0.1, 0.15) is 5.75 Å². The minimum atomic E-state index is 0.183. The minimum Gasteiger partial charge on any atom is -0.497 e. The zero-order chi connectivity index (χ0) is 19.3. The topological polar surface area (TPSA) is 88.1 Å². The summed E-state index contributed by atoms with van der Waals surface area (Å²) in [6, 6.07) is 7.85. The Balaban J connectivity index is 1.58. The van der Waals surface area contributed by atoms with Gasteiger partial charge in [0.25, 0.3) is 0 Å². The van der Waals surface area contributed by atoms with Crippen molar-refractivity contribution < 1.29 is 14.0 Å². The lowest BCUT2D eigenvalue weighted by Gasteiger charge is -2.14. The van der Waals surface area contributed by atoms with Crippen LogP contribution in [0.25, 0.3) is 11.4 Å². The molecule has 4 rings (SSSR count). The molecule has 28 heavy (non-hydrogen) atoms. The van der Waals surface area contributed by atoms with Crippen LogP contribution in [0.3, 0.4) is 0 Å². The SMILES string of the molecule is CCc1noc(CSc2nnc(-c3ccc(OC)cc3)n2CC2CCCO2)n1. The van der Waals surface area contributed by atoms with Gasteiger partial charge in [0.2, 0.25) is 5.89 Å². The van der Waals surface area contributed by atoms with Crippen LogP contribution in [0.4, 0.5) is 0 Å². The van der Waals surface area contributed by atoms with Crippen molar-refractivity contribution >= 4 is 11.8 Å². The van der Waals surface area contributed by atoms with Crippen molar-refractivity contribution in [2.45, 2.75) is 49.7 Å². The molecule has 1 unspecified atom stereocenters. The van der Waals surface area contributed by atoms with Crippen molar-refractivity contribution in [1.29, 1.82) is 0 Å². The number of nitrogens with zero attached hydrogens (tertiary/aromatic N) is 5. The molecule has 0 saturated carbocycles. The van der Waals surface area contributed by atoms with Crippen LogP contribution in [0.5, 0.6) is 5.75 Å². The van der Waals surface area contributed by atoms with Crippen LogP contribution in [0.1, 0.15) is 31.5 Å². The molecule has 0 amide bonds. The van der Waals surface area contributed by atoms with E-state index in [1.54, 1.807) is 18.9 Å². The molecule has 2 aromatic heterocycles. The van der Waals surface area contributed by atoms with Gasteiger partial charge >= 0.3 is 0 Å². The fourth-order valence-corrected chi connectivity index (χ4v) is 3.91. The number of aromatic nitrogens is 5. The van der Waals surface area contributed by atoms with Crippen LogP contribution in [0.2, 0.25) is 0 Å². The largest absolute Gasteiger partial charge is 0.497 e. The summed E-state index contributed by atoms with van der Waals surface area (Å²) < 4.78 is 18.5. The van der Waals surface area contributed by atoms with Crippen LogP contribution in [0.15, 0.2) is 33.9 Å². The highest BCUT2D eigenvalue weighted by Gasteiger charge is 2.22. The second kappa shape index (κ2) is 8.74. The van der Waals surface area contributed by atoms with Gasteiger partial charge in [-0.05, 0) is 37.1 Å². The molecule has 0 bridgehead atoms. The van der Waals surface area contributed by atoms with Gasteiger partial charge in [-0.15, -0.1) is 10.2 Å². The van der Waals surface area contributed by atoms with E-state index in [0.29, 0.717) is 11.6 Å². The van der Waals surface area contributed by atoms with E-state index in [1.807, 2.05) is 31.2 Å². The predicted molar refractivity (Wildman–Crippen MR) is 104 cm³/mol. The molecule has 9 heteroatoms. The molecule has 0 spiro atoms. The van der Waals surface area contributed by atoms with E-state index in [2.05, 4.69) is 24.9 Å². The number of benzene rings is 1. The van der Waals surface area contributed by atoms with Crippen molar-refractivity contribution in [3.05, 3.63) is 36.0 Å². The van der Waals surface area contributed by atoms with Crippen molar-refractivity contribution in [3.63, 3.8) is 0 Å². The Kier molecular flexibility index (Phi) is 5.92. The Morgan fingerprint density at radius 2 is 2.11 bits per heavy atom. The van der Waals surface area contributed by atoms with E-state index >= 15 is 0 Å². The number of ether oxygens (including phenoxy) is 2. The minimum absolute atomic E-state index is 0.183. The highest BCUT2D eigenvalue weighted by Crippen LogP contribution is 2.29. The Morgan fingerprint density at radius 3 is 2.79 bits per heavy atom. The van der Waals surface area contributed by atoms with E-state index in [0.717, 1.165) is 60.5 Å². The Labute approximate surface area is 167 Å². The third kappa shape index (κ3) is 4.20. The summed E-state index contributed by atoms with van der Waals surface area (Å²) in [4.78, 5) is 4.37. The zero-order valence-corrected chi connectivity index (χ0v) is 16.8. The predicted octanol–water partition coefficient (Wildman–Crippen LogP) is 3.37. The lowest BCUT2D eigenvalue weighted by atomic mass is 10.2. The Morgan fingerprint density at radius 1 is 1.25 bits per heavy atom. The molecule has 0 N–H and O–H groups in total. The monoisotopic (exact) mass is 401 g/mol. The molecule has 1 fully saturated rings. The van der Waals surface area contributed by atoms with Gasteiger partial charge < -0.3 is 14.0 Å². The molecule has 8 nitrogen and oxygen atoms in total. The van der Waals surface area contributed by atoms with Gasteiger partial charge in [0.15, 0.2) is 16.8 Å². The number of aryl methyl sites for hydroxylation is 1. The molecule has 148 valence electrons. The van der Waals surface area contributed by atoms with Crippen LogP contribution in [-0.2, 0) is 23.5 Å². The molecule has 1 aromatic carbocycles. The smallest absolute Gasteiger partial charge is 0.237 e. The first-order valence-electron chi connectivity index (χ1n) is 9.40. The lowest BCUT2D eigenvalue weighted by Crippen LogP contribution is -2.16. The van der Waals surface area contributed by atoms with Crippen LogP contribution >= 0.6 is 11.8 Å². The number of rotatable bonds is 8. The molecule has 1 saturated heterocycles. The normalized spacial score (nSPS) is 16.6. The molecular formula is C19H23N5O3S. The maximum absolute atomic E-state index is 5.84. The Hall–Kier alpha value is -2.39. The molecule has 0 aliphatic carbocycles. The maximum atomic E-state index is 5.84. The third-order valence-electron chi connectivity index (χ3n) is 4.63. The number of thioether (sulfide) groups is 1. The first-order valence-corrected chi connectivity index (χ1v) is 10.4. The summed E-state index contributed by atoms with van der Waals surface area (Å²) in [6.07, 6.45) is 3.08. The average Bonchev–Trinajstić information content (AvgIpc) is 3.48. The van der Waals surface area contributed by atoms with E-state index in [4.69, 9.17) is 14.0 Å². The second-order valence-corrected chi connectivity index (χ2v) is 7.47. The van der Waals surface area contributed by atoms with Crippen LogP contribution < -0.4 is 4.74 Å². The fraction of sp³-hybridized carbons (Fsp3) is 0.474. The maximum Gasteiger partial charge on any atom is 0.237 e. The van der Waals surface area contributed by atoms with Crippen LogP contribution in [0, 0.1) is 0 Å². The first-order chi connectivity index (χ1) is 13.8. The summed E-state index contributed by atoms with van der Waals surface area (Å²) in [5.41, 5.74) is 0.990. The van der Waals surface area contributed by atoms with Crippen molar-refractivity contribution in [2.75, 3.05) is 13.7 Å². The van der Waals surface area contributed by atoms with Crippen molar-refractivity contribution in [1.82, 2.24) is 24.9 Å². The quantitative estimate of drug-likeness (QED) is 0.531. The molecule has 1 aliphatic rings. The summed E-state index contributed by atoms with van der Waals surface area (Å²) in [6.45, 7) is 3.54. The molecule has 1 aliphatic heterocycles. The standard InChI is InChI=1S/C19H23N5O3S/c1-3-16-20-17(27-23-16)12-28-19-22-21-18(13-6-8-14(25-2)9-7-13)24(19)11-15-5-4-10-26-15/h6-9,15H,3-5,10-12H2,1-2H3. The lowest BCUT2D eigenvalue weighted by molar-refractivity contribution is 0.0953. The van der Waals surface area contributed by atoms with Gasteiger partial charge in [-0.3, -0.25) is 4.57 Å². The van der Waals surface area contributed by atoms with Gasteiger partial charge in [0, 0.05) is 18.6 Å². The van der Waals surface area contributed by atoms with E-state index < -0.39 is 0 Å². The van der Waals surface area contributed by atoms with E-state index in [-0.39, 0.29) is 6.10 Å². The number of hydrogen-bond acceptors (Lipinski definition) is 8. The molecule has 0 radical (unpaired) electrons. The molecular weight excluding hydrogens is 378 g/mol. The van der Waals surface area contributed by atoms with E-state index in [9.17, 15) is 0 Å². The van der Waals surface area contributed by atoms with Gasteiger partial charge in [-0.1, -0.05) is 23.8 Å². The van der Waals surface area contributed by atoms with Crippen molar-refractivity contribution in [2.24, 2.45) is 0 Å². The first kappa shape index (κ1) is 18.9. The van der Waals surface area contributed by atoms with E-state index in [1.165, 1.54) is 0 Å². The summed E-state index contributed by atoms with van der Waals surface area (Å²) >= 11 is 1.54.